The molecule has 92 valence electrons. The van der Waals surface area contributed by atoms with E-state index in [2.05, 4.69) is 12.2 Å². The van der Waals surface area contributed by atoms with Crippen LogP contribution in [0, 0.1) is 0 Å². The molecule has 0 unspecified atom stereocenters. The molecule has 0 heterocycles. The Labute approximate surface area is 122 Å². The van der Waals surface area contributed by atoms with E-state index < -0.39 is 10.1 Å². The Hall–Kier alpha value is 0.870. The second-order valence-electron chi connectivity index (χ2n) is 3.78. The van der Waals surface area contributed by atoms with Gasteiger partial charge in [0.2, 0.25) is 0 Å². The molecule has 1 N–H and O–H groups in total. The van der Waals surface area contributed by atoms with Crippen molar-refractivity contribution in [1.82, 2.24) is 5.32 Å². The van der Waals surface area contributed by atoms with Crippen LogP contribution in [-0.4, -0.2) is 31.8 Å². The van der Waals surface area contributed by atoms with Gasteiger partial charge in [-0.15, -0.1) is 0 Å². The number of hydrogen-bond acceptors (Lipinski definition) is 4. The van der Waals surface area contributed by atoms with E-state index in [1.807, 2.05) is 0 Å². The van der Waals surface area contributed by atoms with Gasteiger partial charge in [0.1, 0.15) is 0 Å². The average Bonchev–Trinajstić information content (AvgIpc) is 2.14. The van der Waals surface area contributed by atoms with E-state index in [4.69, 9.17) is 0 Å². The first-order valence-electron chi connectivity index (χ1n) is 5.70. The van der Waals surface area contributed by atoms with E-state index in [9.17, 15) is 13.0 Å². The molecule has 0 saturated heterocycles. The van der Waals surface area contributed by atoms with E-state index in [1.165, 1.54) is 32.1 Å². The summed E-state index contributed by atoms with van der Waals surface area (Å²) in [5.41, 5.74) is 0. The van der Waals surface area contributed by atoms with Crippen LogP contribution in [0.4, 0.5) is 0 Å². The van der Waals surface area contributed by atoms with Gasteiger partial charge >= 0.3 is 29.6 Å². The molecule has 0 aromatic rings. The van der Waals surface area contributed by atoms with Gasteiger partial charge in [-0.1, -0.05) is 39.0 Å². The first-order valence-corrected chi connectivity index (χ1v) is 7.28. The summed E-state index contributed by atoms with van der Waals surface area (Å²) < 4.78 is 30.7. The van der Waals surface area contributed by atoms with Crippen LogP contribution in [0.2, 0.25) is 0 Å². The van der Waals surface area contributed by atoms with Gasteiger partial charge in [0.25, 0.3) is 0 Å². The third kappa shape index (κ3) is 17.3. The van der Waals surface area contributed by atoms with Gasteiger partial charge in [-0.25, -0.2) is 8.42 Å². The van der Waals surface area contributed by atoms with Gasteiger partial charge in [-0.05, 0) is 13.0 Å². The molecular weight excluding hydrogens is 237 g/mol. The van der Waals surface area contributed by atoms with Crippen LogP contribution in [0.15, 0.2) is 0 Å². The predicted octanol–water partition coefficient (Wildman–Crippen LogP) is -1.51. The van der Waals surface area contributed by atoms with E-state index in [0.717, 1.165) is 13.0 Å². The van der Waals surface area contributed by atoms with Crippen molar-refractivity contribution in [3.63, 3.8) is 0 Å². The number of nitrogens with one attached hydrogen (secondary N) is 1. The summed E-state index contributed by atoms with van der Waals surface area (Å²) >= 11 is 0. The molecule has 0 aliphatic rings. The van der Waals surface area contributed by atoms with E-state index >= 15 is 0 Å². The Kier molecular flexibility index (Phi) is 14.8. The third-order valence-corrected chi connectivity index (χ3v) is 2.94. The van der Waals surface area contributed by atoms with Crippen molar-refractivity contribution in [3.05, 3.63) is 0 Å². The van der Waals surface area contributed by atoms with Crippen LogP contribution in [0.3, 0.4) is 0 Å². The van der Waals surface area contributed by atoms with Crippen molar-refractivity contribution in [2.75, 3.05) is 18.8 Å². The maximum absolute atomic E-state index is 10.2. The molecule has 0 fully saturated rings. The first-order chi connectivity index (χ1) is 7.06. The molecule has 0 aromatic heterocycles. The predicted molar refractivity (Wildman–Crippen MR) is 60.8 cm³/mol. The average molecular weight is 259 g/mol. The second kappa shape index (κ2) is 12.3. The van der Waals surface area contributed by atoms with Crippen LogP contribution in [0.1, 0.15) is 45.4 Å². The second-order valence-corrected chi connectivity index (χ2v) is 5.30. The number of hydrogen-bond donors (Lipinski definition) is 1. The van der Waals surface area contributed by atoms with E-state index in [0.29, 0.717) is 0 Å². The smallest absolute Gasteiger partial charge is 0.748 e. The van der Waals surface area contributed by atoms with E-state index in [-0.39, 0.29) is 41.9 Å². The Balaban J connectivity index is 0. The minimum Gasteiger partial charge on any atom is -0.748 e. The summed E-state index contributed by atoms with van der Waals surface area (Å²) in [6.45, 7) is 3.27. The molecule has 0 saturated carbocycles. The molecule has 0 radical (unpaired) electrons. The van der Waals surface area contributed by atoms with Gasteiger partial charge < -0.3 is 9.87 Å². The third-order valence-electron chi connectivity index (χ3n) is 2.24. The minimum atomic E-state index is -4.04. The van der Waals surface area contributed by atoms with Gasteiger partial charge in [0, 0.05) is 6.54 Å². The SMILES string of the molecule is CCCCCCCCNCCS(=O)(=O)[O-].[Na+]. The molecule has 16 heavy (non-hydrogen) atoms. The minimum absolute atomic E-state index is 0. The quantitative estimate of drug-likeness (QED) is 0.294. The molecule has 0 aromatic carbocycles. The van der Waals surface area contributed by atoms with Crippen molar-refractivity contribution in [2.24, 2.45) is 0 Å². The topological polar surface area (TPSA) is 69.2 Å². The normalized spacial score (nSPS) is 11.1. The fourth-order valence-corrected chi connectivity index (χ4v) is 1.75. The van der Waals surface area contributed by atoms with Gasteiger partial charge in [0.15, 0.2) is 0 Å². The fraction of sp³-hybridized carbons (Fsp3) is 1.00. The summed E-state index contributed by atoms with van der Waals surface area (Å²) in [4.78, 5) is 0. The zero-order chi connectivity index (χ0) is 11.6. The van der Waals surface area contributed by atoms with Crippen LogP contribution in [-0.2, 0) is 10.1 Å². The van der Waals surface area contributed by atoms with E-state index in [1.54, 1.807) is 0 Å². The van der Waals surface area contributed by atoms with Crippen molar-refractivity contribution in [1.29, 1.82) is 0 Å². The monoisotopic (exact) mass is 259 g/mol. The van der Waals surface area contributed by atoms with Gasteiger partial charge in [0.05, 0.1) is 15.9 Å². The Morgan fingerprint density at radius 1 is 1.00 bits per heavy atom. The molecule has 6 heteroatoms. The van der Waals surface area contributed by atoms with Crippen LogP contribution in [0.5, 0.6) is 0 Å². The Bertz CT molecular complexity index is 232. The Morgan fingerprint density at radius 2 is 1.56 bits per heavy atom. The van der Waals surface area contributed by atoms with Crippen molar-refractivity contribution >= 4 is 10.1 Å². The van der Waals surface area contributed by atoms with Crippen molar-refractivity contribution in [3.8, 4) is 0 Å². The van der Waals surface area contributed by atoms with Crippen LogP contribution in [0.25, 0.3) is 0 Å². The molecule has 0 amide bonds. The summed E-state index contributed by atoms with van der Waals surface area (Å²) in [6.07, 6.45) is 7.31. The molecule has 0 aliphatic carbocycles. The molecule has 0 spiro atoms. The standard InChI is InChI=1S/C10H23NO3S.Na/c1-2-3-4-5-6-7-8-11-9-10-15(12,13)14;/h11H,2-10H2,1H3,(H,12,13,14);/q;+1/p-1. The molecule has 0 bridgehead atoms. The zero-order valence-electron chi connectivity index (χ0n) is 10.5. The largest absolute Gasteiger partial charge is 1.00 e. The summed E-state index contributed by atoms with van der Waals surface area (Å²) in [6, 6.07) is 0. The van der Waals surface area contributed by atoms with Gasteiger partial charge in [-0.3, -0.25) is 0 Å². The zero-order valence-corrected chi connectivity index (χ0v) is 13.3. The maximum atomic E-state index is 10.2. The molecular formula is C10H22NNaO3S. The molecule has 0 aliphatic heterocycles. The molecule has 0 atom stereocenters. The summed E-state index contributed by atoms with van der Waals surface area (Å²) in [5.74, 6) is -0.303. The van der Waals surface area contributed by atoms with Gasteiger partial charge in [-0.2, -0.15) is 0 Å². The Morgan fingerprint density at radius 3 is 2.12 bits per heavy atom. The van der Waals surface area contributed by atoms with Crippen molar-refractivity contribution < 1.29 is 42.5 Å². The number of rotatable bonds is 10. The molecule has 4 nitrogen and oxygen atoms in total. The van der Waals surface area contributed by atoms with Crippen LogP contribution < -0.4 is 34.9 Å². The fourth-order valence-electron chi connectivity index (χ4n) is 1.35. The van der Waals surface area contributed by atoms with Crippen LogP contribution >= 0.6 is 0 Å². The summed E-state index contributed by atoms with van der Waals surface area (Å²) in [5, 5.41) is 2.95. The van der Waals surface area contributed by atoms with Crippen molar-refractivity contribution in [2.45, 2.75) is 45.4 Å². The number of unbranched alkanes of at least 4 members (excludes halogenated alkanes) is 5. The molecule has 0 rings (SSSR count). The summed E-state index contributed by atoms with van der Waals surface area (Å²) in [7, 11) is -4.04. The maximum Gasteiger partial charge on any atom is 1.00 e. The first kappa shape index (κ1) is 19.2.